The molecule has 0 saturated carbocycles. The van der Waals surface area contributed by atoms with Crippen molar-refractivity contribution in [2.45, 2.75) is 9.79 Å². The SMILES string of the molecule is CN1CCN(c2ccc(Sc3c[nH]cc3O)cc2-c2ccc(N(C)C)cc2)CC1. The van der Waals surface area contributed by atoms with Gasteiger partial charge in [0.05, 0.1) is 4.90 Å². The van der Waals surface area contributed by atoms with Gasteiger partial charge in [0.1, 0.15) is 5.75 Å². The molecule has 1 aliphatic rings. The van der Waals surface area contributed by atoms with Gasteiger partial charge >= 0.3 is 0 Å². The molecule has 1 aromatic heterocycles. The van der Waals surface area contributed by atoms with E-state index in [0.717, 1.165) is 36.0 Å². The number of rotatable bonds is 5. The lowest BCUT2D eigenvalue weighted by Crippen LogP contribution is -2.44. The number of aromatic nitrogens is 1. The van der Waals surface area contributed by atoms with Gasteiger partial charge in [0, 0.05) is 74.5 Å². The van der Waals surface area contributed by atoms with Gasteiger partial charge in [-0.1, -0.05) is 23.9 Å². The van der Waals surface area contributed by atoms with E-state index in [9.17, 15) is 5.11 Å². The number of aromatic hydroxyl groups is 1. The topological polar surface area (TPSA) is 45.7 Å². The van der Waals surface area contributed by atoms with Crippen LogP contribution in [0.15, 0.2) is 64.6 Å². The quantitative estimate of drug-likeness (QED) is 0.657. The van der Waals surface area contributed by atoms with Crippen LogP contribution >= 0.6 is 11.8 Å². The molecule has 6 heteroatoms. The van der Waals surface area contributed by atoms with Crippen LogP contribution in [0.5, 0.6) is 5.75 Å². The maximum absolute atomic E-state index is 9.99. The number of piperazine rings is 1. The maximum atomic E-state index is 9.99. The molecular weight excluding hydrogens is 380 g/mol. The molecule has 1 saturated heterocycles. The van der Waals surface area contributed by atoms with Crippen LogP contribution in [0.3, 0.4) is 0 Å². The number of anilines is 2. The lowest BCUT2D eigenvalue weighted by molar-refractivity contribution is 0.313. The fraction of sp³-hybridized carbons (Fsp3) is 0.304. The van der Waals surface area contributed by atoms with Gasteiger partial charge in [-0.15, -0.1) is 0 Å². The summed E-state index contributed by atoms with van der Waals surface area (Å²) in [5, 5.41) is 9.99. The van der Waals surface area contributed by atoms with E-state index in [-0.39, 0.29) is 5.75 Å². The lowest BCUT2D eigenvalue weighted by Gasteiger charge is -2.35. The van der Waals surface area contributed by atoms with Crippen molar-refractivity contribution in [2.75, 3.05) is 57.1 Å². The van der Waals surface area contributed by atoms with Crippen molar-refractivity contribution in [3.8, 4) is 16.9 Å². The minimum Gasteiger partial charge on any atom is -0.505 e. The summed E-state index contributed by atoms with van der Waals surface area (Å²) in [6.07, 6.45) is 3.45. The van der Waals surface area contributed by atoms with Crippen LogP contribution in [0, 0.1) is 0 Å². The van der Waals surface area contributed by atoms with Crippen LogP contribution in [0.4, 0.5) is 11.4 Å². The van der Waals surface area contributed by atoms with Crippen molar-refractivity contribution in [1.29, 1.82) is 0 Å². The summed E-state index contributed by atoms with van der Waals surface area (Å²) in [5.41, 5.74) is 4.92. The highest BCUT2D eigenvalue weighted by Gasteiger charge is 2.19. The zero-order valence-corrected chi connectivity index (χ0v) is 18.0. The molecule has 4 rings (SSSR count). The number of H-pyrrole nitrogens is 1. The van der Waals surface area contributed by atoms with Crippen molar-refractivity contribution in [3.63, 3.8) is 0 Å². The molecule has 0 bridgehead atoms. The van der Waals surface area contributed by atoms with Crippen molar-refractivity contribution < 1.29 is 5.11 Å². The first-order valence-electron chi connectivity index (χ1n) is 9.90. The minimum absolute atomic E-state index is 0.287. The van der Waals surface area contributed by atoms with E-state index >= 15 is 0 Å². The molecular formula is C23H28N4OS. The number of nitrogens with zero attached hydrogens (tertiary/aromatic N) is 3. The smallest absolute Gasteiger partial charge is 0.146 e. The standard InChI is InChI=1S/C23H28N4OS/c1-25(2)18-6-4-17(5-7-18)20-14-19(29-23-16-24-15-22(23)28)8-9-21(20)27-12-10-26(3)11-13-27/h4-9,14-16,24,28H,10-13H2,1-3H3. The number of likely N-dealkylation sites (N-methyl/N-ethyl adjacent to an activating group) is 1. The Kier molecular flexibility index (Phi) is 5.74. The van der Waals surface area contributed by atoms with E-state index < -0.39 is 0 Å². The van der Waals surface area contributed by atoms with E-state index in [2.05, 4.69) is 83.3 Å². The summed E-state index contributed by atoms with van der Waals surface area (Å²) in [6.45, 7) is 4.22. The largest absolute Gasteiger partial charge is 0.505 e. The monoisotopic (exact) mass is 408 g/mol. The molecule has 2 aromatic carbocycles. The van der Waals surface area contributed by atoms with Gasteiger partial charge < -0.3 is 24.8 Å². The summed E-state index contributed by atoms with van der Waals surface area (Å²) >= 11 is 1.58. The summed E-state index contributed by atoms with van der Waals surface area (Å²) in [7, 11) is 6.30. The molecule has 3 aromatic rings. The first kappa shape index (κ1) is 19.7. The fourth-order valence-corrected chi connectivity index (χ4v) is 4.48. The highest BCUT2D eigenvalue weighted by molar-refractivity contribution is 7.99. The Morgan fingerprint density at radius 1 is 0.966 bits per heavy atom. The highest BCUT2D eigenvalue weighted by Crippen LogP contribution is 2.40. The number of aromatic amines is 1. The van der Waals surface area contributed by atoms with Gasteiger partial charge in [-0.2, -0.15) is 0 Å². The number of hydrogen-bond donors (Lipinski definition) is 2. The Balaban J connectivity index is 1.71. The first-order valence-corrected chi connectivity index (χ1v) is 10.7. The second-order valence-corrected chi connectivity index (χ2v) is 8.83. The third kappa shape index (κ3) is 4.38. The van der Waals surface area contributed by atoms with E-state index in [1.54, 1.807) is 18.0 Å². The Morgan fingerprint density at radius 2 is 1.69 bits per heavy atom. The zero-order valence-electron chi connectivity index (χ0n) is 17.2. The van der Waals surface area contributed by atoms with E-state index in [1.807, 2.05) is 6.20 Å². The van der Waals surface area contributed by atoms with Crippen molar-refractivity contribution in [3.05, 3.63) is 54.9 Å². The molecule has 0 aliphatic carbocycles. The molecule has 152 valence electrons. The van der Waals surface area contributed by atoms with Gasteiger partial charge in [0.25, 0.3) is 0 Å². The van der Waals surface area contributed by atoms with E-state index in [1.165, 1.54) is 22.5 Å². The van der Waals surface area contributed by atoms with Crippen molar-refractivity contribution in [2.24, 2.45) is 0 Å². The van der Waals surface area contributed by atoms with Gasteiger partial charge in [-0.05, 0) is 42.9 Å². The molecule has 0 amide bonds. The average Bonchev–Trinajstić information content (AvgIpc) is 3.13. The Hall–Kier alpha value is -2.57. The van der Waals surface area contributed by atoms with E-state index in [4.69, 9.17) is 0 Å². The Bertz CT molecular complexity index is 959. The summed E-state index contributed by atoms with van der Waals surface area (Å²) in [6, 6.07) is 15.4. The molecule has 0 atom stereocenters. The third-order valence-corrected chi connectivity index (χ3v) is 6.46. The molecule has 1 aliphatic heterocycles. The van der Waals surface area contributed by atoms with Crippen molar-refractivity contribution in [1.82, 2.24) is 9.88 Å². The zero-order chi connectivity index (χ0) is 20.4. The van der Waals surface area contributed by atoms with Gasteiger partial charge in [0.15, 0.2) is 0 Å². The number of nitrogens with one attached hydrogen (secondary N) is 1. The summed E-state index contributed by atoms with van der Waals surface area (Å²) in [5.74, 6) is 0.287. The van der Waals surface area contributed by atoms with Crippen molar-refractivity contribution >= 4 is 23.1 Å². The van der Waals surface area contributed by atoms with Crippen LogP contribution in [0.25, 0.3) is 11.1 Å². The van der Waals surface area contributed by atoms with Crippen LogP contribution < -0.4 is 9.80 Å². The Morgan fingerprint density at radius 3 is 2.31 bits per heavy atom. The summed E-state index contributed by atoms with van der Waals surface area (Å²) < 4.78 is 0. The van der Waals surface area contributed by atoms with Crippen LogP contribution in [0.2, 0.25) is 0 Å². The maximum Gasteiger partial charge on any atom is 0.146 e. The third-order valence-electron chi connectivity index (χ3n) is 5.42. The molecule has 5 nitrogen and oxygen atoms in total. The van der Waals surface area contributed by atoms with Crippen LogP contribution in [0.1, 0.15) is 0 Å². The van der Waals surface area contributed by atoms with Crippen LogP contribution in [-0.2, 0) is 0 Å². The molecule has 1 fully saturated rings. The number of benzene rings is 2. The van der Waals surface area contributed by atoms with Gasteiger partial charge in [-0.3, -0.25) is 0 Å². The molecule has 0 unspecified atom stereocenters. The molecule has 0 spiro atoms. The molecule has 2 N–H and O–H groups in total. The number of hydrogen-bond acceptors (Lipinski definition) is 5. The second kappa shape index (κ2) is 8.43. The normalized spacial score (nSPS) is 14.9. The minimum atomic E-state index is 0.287. The summed E-state index contributed by atoms with van der Waals surface area (Å²) in [4.78, 5) is 11.9. The molecule has 2 heterocycles. The fourth-order valence-electron chi connectivity index (χ4n) is 3.62. The van der Waals surface area contributed by atoms with E-state index in [0.29, 0.717) is 0 Å². The van der Waals surface area contributed by atoms with Gasteiger partial charge in [0.2, 0.25) is 0 Å². The Labute approximate surface area is 177 Å². The van der Waals surface area contributed by atoms with Gasteiger partial charge in [-0.25, -0.2) is 0 Å². The van der Waals surface area contributed by atoms with Crippen LogP contribution in [-0.4, -0.2) is 62.3 Å². The predicted molar refractivity (Wildman–Crippen MR) is 122 cm³/mol. The first-order chi connectivity index (χ1) is 14.0. The second-order valence-electron chi connectivity index (χ2n) is 7.72. The highest BCUT2D eigenvalue weighted by atomic mass is 32.2. The molecule has 0 radical (unpaired) electrons. The molecule has 29 heavy (non-hydrogen) atoms. The lowest BCUT2D eigenvalue weighted by atomic mass is 10.0. The predicted octanol–water partition coefficient (Wildman–Crippen LogP) is 4.36. The average molecular weight is 409 g/mol.